The van der Waals surface area contributed by atoms with E-state index < -0.39 is 5.97 Å². The van der Waals surface area contributed by atoms with Crippen LogP contribution in [0.2, 0.25) is 0 Å². The van der Waals surface area contributed by atoms with Gasteiger partial charge >= 0.3 is 12.0 Å². The number of hydrogen-bond donors (Lipinski definition) is 3. The molecule has 2 unspecified atom stereocenters. The second kappa shape index (κ2) is 5.61. The summed E-state index contributed by atoms with van der Waals surface area (Å²) in [6, 6.07) is 4.64. The third-order valence-corrected chi connectivity index (χ3v) is 3.91. The summed E-state index contributed by atoms with van der Waals surface area (Å²) in [6.45, 7) is 2.10. The van der Waals surface area contributed by atoms with Crippen LogP contribution >= 0.6 is 15.9 Å². The van der Waals surface area contributed by atoms with Crippen LogP contribution in [0.25, 0.3) is 0 Å². The number of benzene rings is 1. The monoisotopic (exact) mass is 326 g/mol. The molecular weight excluding hydrogens is 312 g/mol. The van der Waals surface area contributed by atoms with Crippen LogP contribution in [-0.4, -0.2) is 23.1 Å². The molecule has 1 fully saturated rings. The number of halogens is 1. The highest BCUT2D eigenvalue weighted by atomic mass is 79.9. The van der Waals surface area contributed by atoms with E-state index in [4.69, 9.17) is 5.11 Å². The van der Waals surface area contributed by atoms with Crippen molar-refractivity contribution < 1.29 is 14.7 Å². The number of nitrogens with one attached hydrogen (secondary N) is 2. The summed E-state index contributed by atoms with van der Waals surface area (Å²) >= 11 is 3.16. The van der Waals surface area contributed by atoms with Crippen LogP contribution in [0.1, 0.15) is 30.1 Å². The first-order valence-electron chi connectivity index (χ1n) is 6.11. The number of carbonyl (C=O) groups is 2. The molecule has 6 heteroatoms. The number of hydrogen-bond acceptors (Lipinski definition) is 2. The summed E-state index contributed by atoms with van der Waals surface area (Å²) in [7, 11) is 0. The molecule has 1 aliphatic rings. The average molecular weight is 327 g/mol. The molecule has 1 aromatic carbocycles. The predicted molar refractivity (Wildman–Crippen MR) is 75.4 cm³/mol. The van der Waals surface area contributed by atoms with E-state index in [1.165, 1.54) is 6.07 Å². The molecule has 0 radical (unpaired) electrons. The van der Waals surface area contributed by atoms with E-state index in [1.54, 1.807) is 12.1 Å². The van der Waals surface area contributed by atoms with Crippen LogP contribution < -0.4 is 10.6 Å². The zero-order valence-electron chi connectivity index (χ0n) is 10.4. The zero-order chi connectivity index (χ0) is 14.0. The van der Waals surface area contributed by atoms with E-state index in [0.717, 1.165) is 12.8 Å². The predicted octanol–water partition coefficient (Wildman–Crippen LogP) is 3.07. The van der Waals surface area contributed by atoms with Crippen molar-refractivity contribution in [1.29, 1.82) is 0 Å². The van der Waals surface area contributed by atoms with Gasteiger partial charge in [-0.05, 0) is 46.5 Å². The van der Waals surface area contributed by atoms with Crippen LogP contribution in [0.4, 0.5) is 10.5 Å². The molecule has 2 amide bonds. The number of rotatable bonds is 4. The van der Waals surface area contributed by atoms with Gasteiger partial charge in [-0.3, -0.25) is 0 Å². The first-order valence-corrected chi connectivity index (χ1v) is 6.91. The molecule has 1 aromatic rings. The summed E-state index contributed by atoms with van der Waals surface area (Å²) in [4.78, 5) is 22.7. The largest absolute Gasteiger partial charge is 0.478 e. The molecule has 0 aliphatic heterocycles. The van der Waals surface area contributed by atoms with Crippen molar-refractivity contribution in [3.63, 3.8) is 0 Å². The first-order chi connectivity index (χ1) is 9.01. The summed E-state index contributed by atoms with van der Waals surface area (Å²) in [5, 5.41) is 14.5. The Hall–Kier alpha value is -1.56. The number of carbonyl (C=O) groups excluding carboxylic acids is 1. The lowest BCUT2D eigenvalue weighted by atomic mass is 10.2. The lowest BCUT2D eigenvalue weighted by Gasteiger charge is -2.08. The van der Waals surface area contributed by atoms with Crippen LogP contribution in [0.3, 0.4) is 0 Å². The standard InChI is InChI=1S/C13H15BrN2O3/c1-2-7-5-11(7)16-13(19)15-8-3-4-10(14)9(6-8)12(17)18/h3-4,6-7,11H,2,5H2,1H3,(H,17,18)(H2,15,16,19). The molecule has 0 aromatic heterocycles. The van der Waals surface area contributed by atoms with Gasteiger partial charge in [-0.2, -0.15) is 0 Å². The maximum absolute atomic E-state index is 11.7. The van der Waals surface area contributed by atoms with Crippen molar-refractivity contribution in [2.45, 2.75) is 25.8 Å². The molecule has 0 saturated heterocycles. The normalized spacial score (nSPS) is 20.7. The molecule has 1 aliphatic carbocycles. The Morgan fingerprint density at radius 1 is 1.47 bits per heavy atom. The van der Waals surface area contributed by atoms with Gasteiger partial charge in [-0.1, -0.05) is 13.3 Å². The maximum Gasteiger partial charge on any atom is 0.336 e. The molecule has 5 nitrogen and oxygen atoms in total. The van der Waals surface area contributed by atoms with Crippen molar-refractivity contribution >= 4 is 33.6 Å². The van der Waals surface area contributed by atoms with E-state index in [2.05, 4.69) is 33.5 Å². The minimum Gasteiger partial charge on any atom is -0.478 e. The van der Waals surface area contributed by atoms with Crippen molar-refractivity contribution in [2.75, 3.05) is 5.32 Å². The van der Waals surface area contributed by atoms with Gasteiger partial charge in [-0.15, -0.1) is 0 Å². The molecule has 102 valence electrons. The molecule has 0 heterocycles. The number of amides is 2. The minimum absolute atomic E-state index is 0.121. The van der Waals surface area contributed by atoms with E-state index in [0.29, 0.717) is 16.1 Å². The van der Waals surface area contributed by atoms with Crippen molar-refractivity contribution in [2.24, 2.45) is 5.92 Å². The van der Waals surface area contributed by atoms with Gasteiger partial charge in [0.2, 0.25) is 0 Å². The highest BCUT2D eigenvalue weighted by Gasteiger charge is 2.36. The van der Waals surface area contributed by atoms with Crippen LogP contribution in [0.15, 0.2) is 22.7 Å². The number of aromatic carboxylic acids is 1. The van der Waals surface area contributed by atoms with E-state index in [-0.39, 0.29) is 17.6 Å². The maximum atomic E-state index is 11.7. The average Bonchev–Trinajstić information content (AvgIpc) is 3.09. The quantitative estimate of drug-likeness (QED) is 0.795. The van der Waals surface area contributed by atoms with Gasteiger partial charge in [0.05, 0.1) is 5.56 Å². The minimum atomic E-state index is -1.04. The Balaban J connectivity index is 1.97. The van der Waals surface area contributed by atoms with Crippen molar-refractivity contribution in [1.82, 2.24) is 5.32 Å². The molecule has 1 saturated carbocycles. The summed E-state index contributed by atoms with van der Waals surface area (Å²) in [5.74, 6) is -0.463. The summed E-state index contributed by atoms with van der Waals surface area (Å²) < 4.78 is 0.485. The van der Waals surface area contributed by atoms with Gasteiger partial charge in [0.1, 0.15) is 0 Å². The molecule has 2 rings (SSSR count). The number of anilines is 1. The van der Waals surface area contributed by atoms with Gasteiger partial charge in [0.15, 0.2) is 0 Å². The second-order valence-electron chi connectivity index (χ2n) is 4.61. The Labute approximate surface area is 119 Å². The lowest BCUT2D eigenvalue weighted by Crippen LogP contribution is -2.31. The second-order valence-corrected chi connectivity index (χ2v) is 5.46. The third-order valence-electron chi connectivity index (χ3n) is 3.22. The Morgan fingerprint density at radius 2 is 2.21 bits per heavy atom. The smallest absolute Gasteiger partial charge is 0.336 e. The van der Waals surface area contributed by atoms with Gasteiger partial charge < -0.3 is 15.7 Å². The lowest BCUT2D eigenvalue weighted by molar-refractivity contribution is 0.0696. The number of carboxylic acids is 1. The number of urea groups is 1. The third kappa shape index (κ3) is 3.47. The number of carboxylic acid groups (broad SMARTS) is 1. The Kier molecular flexibility index (Phi) is 4.09. The molecule has 2 atom stereocenters. The highest BCUT2D eigenvalue weighted by molar-refractivity contribution is 9.10. The van der Waals surface area contributed by atoms with E-state index in [9.17, 15) is 9.59 Å². The van der Waals surface area contributed by atoms with Crippen LogP contribution in [-0.2, 0) is 0 Å². The topological polar surface area (TPSA) is 78.4 Å². The van der Waals surface area contributed by atoms with E-state index >= 15 is 0 Å². The zero-order valence-corrected chi connectivity index (χ0v) is 12.0. The van der Waals surface area contributed by atoms with Crippen molar-refractivity contribution in [3.8, 4) is 0 Å². The summed E-state index contributed by atoms with van der Waals surface area (Å²) in [5.41, 5.74) is 0.586. The Bertz CT molecular complexity index is 519. The molecule has 3 N–H and O–H groups in total. The van der Waals surface area contributed by atoms with Crippen LogP contribution in [0, 0.1) is 5.92 Å². The van der Waals surface area contributed by atoms with E-state index in [1.807, 2.05) is 0 Å². The molecule has 0 spiro atoms. The molecule has 0 bridgehead atoms. The molecule has 19 heavy (non-hydrogen) atoms. The van der Waals surface area contributed by atoms with Gasteiger partial charge in [-0.25, -0.2) is 9.59 Å². The first kappa shape index (κ1) is 13.9. The van der Waals surface area contributed by atoms with Crippen molar-refractivity contribution in [3.05, 3.63) is 28.2 Å². The van der Waals surface area contributed by atoms with Gasteiger partial charge in [0.25, 0.3) is 0 Å². The molecular formula is C13H15BrN2O3. The Morgan fingerprint density at radius 3 is 2.79 bits per heavy atom. The van der Waals surface area contributed by atoms with Crippen LogP contribution in [0.5, 0.6) is 0 Å². The fourth-order valence-corrected chi connectivity index (χ4v) is 2.39. The fourth-order valence-electron chi connectivity index (χ4n) is 1.98. The highest BCUT2D eigenvalue weighted by Crippen LogP contribution is 2.33. The fraction of sp³-hybridized carbons (Fsp3) is 0.385. The SMILES string of the molecule is CCC1CC1NC(=O)Nc1ccc(Br)c(C(=O)O)c1. The van der Waals surface area contributed by atoms with Gasteiger partial charge in [0, 0.05) is 16.2 Å². The summed E-state index contributed by atoms with van der Waals surface area (Å²) in [6.07, 6.45) is 2.08.